The zero-order valence-corrected chi connectivity index (χ0v) is 14.0. The number of carbonyl (C=O) groups excluding carboxylic acids is 1. The summed E-state index contributed by atoms with van der Waals surface area (Å²) in [6.45, 7) is 1.70. The van der Waals surface area contributed by atoms with Crippen LogP contribution in [-0.4, -0.2) is 20.1 Å². The minimum atomic E-state index is -4.38. The highest BCUT2D eigenvalue weighted by Gasteiger charge is 2.30. The molecule has 1 N–H and O–H groups in total. The first-order valence-corrected chi connectivity index (χ1v) is 7.46. The minimum absolute atomic E-state index is 0.358. The highest BCUT2D eigenvalue weighted by Crippen LogP contribution is 2.30. The number of ether oxygens (including phenoxy) is 2. The lowest BCUT2D eigenvalue weighted by Crippen LogP contribution is -2.26. The SMILES string of the molecule is COc1ccc(C(=O)NC(C)c2ccc(C(F)(F)F)cc2)cc1OC. The number of amides is 1. The molecule has 0 heterocycles. The molecule has 1 atom stereocenters. The van der Waals surface area contributed by atoms with E-state index in [-0.39, 0.29) is 5.91 Å². The number of rotatable bonds is 5. The Hall–Kier alpha value is -2.70. The maximum Gasteiger partial charge on any atom is 0.416 e. The van der Waals surface area contributed by atoms with Gasteiger partial charge in [0, 0.05) is 5.56 Å². The fourth-order valence-corrected chi connectivity index (χ4v) is 2.30. The molecule has 0 saturated carbocycles. The zero-order chi connectivity index (χ0) is 18.6. The molecule has 0 bridgehead atoms. The molecule has 0 aromatic heterocycles. The molecule has 4 nitrogen and oxygen atoms in total. The van der Waals surface area contributed by atoms with Crippen molar-refractivity contribution in [3.05, 3.63) is 59.2 Å². The van der Waals surface area contributed by atoms with Crippen molar-refractivity contribution in [3.63, 3.8) is 0 Å². The average Bonchev–Trinajstić information content (AvgIpc) is 2.60. The lowest BCUT2D eigenvalue weighted by molar-refractivity contribution is -0.137. The van der Waals surface area contributed by atoms with Crippen molar-refractivity contribution in [2.45, 2.75) is 19.1 Å². The molecule has 1 amide bonds. The quantitative estimate of drug-likeness (QED) is 0.876. The van der Waals surface area contributed by atoms with Crippen molar-refractivity contribution in [1.82, 2.24) is 5.32 Å². The van der Waals surface area contributed by atoms with Gasteiger partial charge in [0.1, 0.15) is 0 Å². The Morgan fingerprint density at radius 2 is 1.60 bits per heavy atom. The monoisotopic (exact) mass is 353 g/mol. The van der Waals surface area contributed by atoms with E-state index in [2.05, 4.69) is 5.32 Å². The molecule has 134 valence electrons. The topological polar surface area (TPSA) is 47.6 Å². The number of alkyl halides is 3. The number of hydrogen-bond acceptors (Lipinski definition) is 3. The fraction of sp³-hybridized carbons (Fsp3) is 0.278. The van der Waals surface area contributed by atoms with Crippen LogP contribution in [0.4, 0.5) is 13.2 Å². The van der Waals surface area contributed by atoms with Gasteiger partial charge in [-0.25, -0.2) is 0 Å². The van der Waals surface area contributed by atoms with E-state index in [1.165, 1.54) is 32.4 Å². The van der Waals surface area contributed by atoms with E-state index in [4.69, 9.17) is 9.47 Å². The van der Waals surface area contributed by atoms with Crippen molar-refractivity contribution in [1.29, 1.82) is 0 Å². The summed E-state index contributed by atoms with van der Waals surface area (Å²) in [5.41, 5.74) is 0.202. The van der Waals surface area contributed by atoms with Crippen molar-refractivity contribution in [3.8, 4) is 11.5 Å². The van der Waals surface area contributed by atoms with Gasteiger partial charge in [0.15, 0.2) is 11.5 Å². The Morgan fingerprint density at radius 1 is 1.00 bits per heavy atom. The molecule has 0 radical (unpaired) electrons. The second-order valence-electron chi connectivity index (χ2n) is 5.38. The Labute approximate surface area is 143 Å². The first-order valence-electron chi connectivity index (χ1n) is 7.46. The highest BCUT2D eigenvalue weighted by molar-refractivity contribution is 5.95. The Bertz CT molecular complexity index is 742. The molecular formula is C18H18F3NO3. The summed E-state index contributed by atoms with van der Waals surface area (Å²) in [4.78, 5) is 12.3. The zero-order valence-electron chi connectivity index (χ0n) is 14.0. The maximum atomic E-state index is 12.6. The van der Waals surface area contributed by atoms with E-state index in [0.717, 1.165) is 12.1 Å². The van der Waals surface area contributed by atoms with Crippen molar-refractivity contribution in [2.75, 3.05) is 14.2 Å². The van der Waals surface area contributed by atoms with Gasteiger partial charge >= 0.3 is 6.18 Å². The summed E-state index contributed by atoms with van der Waals surface area (Å²) in [6.07, 6.45) is -4.38. The Kier molecular flexibility index (Phi) is 5.56. The molecule has 2 aromatic carbocycles. The third kappa shape index (κ3) is 4.43. The Balaban J connectivity index is 2.12. The van der Waals surface area contributed by atoms with Gasteiger partial charge in [0.2, 0.25) is 0 Å². The van der Waals surface area contributed by atoms with Gasteiger partial charge in [0.25, 0.3) is 5.91 Å². The predicted octanol–water partition coefficient (Wildman–Crippen LogP) is 4.21. The molecule has 25 heavy (non-hydrogen) atoms. The van der Waals surface area contributed by atoms with Gasteiger partial charge < -0.3 is 14.8 Å². The number of carbonyl (C=O) groups is 1. The third-order valence-electron chi connectivity index (χ3n) is 3.73. The molecular weight excluding hydrogens is 335 g/mol. The summed E-state index contributed by atoms with van der Waals surface area (Å²) in [5, 5.41) is 2.74. The summed E-state index contributed by atoms with van der Waals surface area (Å²) < 4.78 is 48.0. The van der Waals surface area contributed by atoms with Crippen LogP contribution < -0.4 is 14.8 Å². The van der Waals surface area contributed by atoms with E-state index in [1.807, 2.05) is 0 Å². The maximum absolute atomic E-state index is 12.6. The van der Waals surface area contributed by atoms with Crippen LogP contribution in [0.25, 0.3) is 0 Å². The number of nitrogens with one attached hydrogen (secondary N) is 1. The van der Waals surface area contributed by atoms with Gasteiger partial charge in [-0.2, -0.15) is 13.2 Å². The van der Waals surface area contributed by atoms with Crippen LogP contribution in [0.2, 0.25) is 0 Å². The van der Waals surface area contributed by atoms with E-state index in [1.54, 1.807) is 19.1 Å². The second-order valence-corrected chi connectivity index (χ2v) is 5.38. The summed E-state index contributed by atoms with van der Waals surface area (Å²) in [5.74, 6) is 0.542. The van der Waals surface area contributed by atoms with Gasteiger partial charge in [0.05, 0.1) is 25.8 Å². The molecule has 0 aliphatic heterocycles. The highest BCUT2D eigenvalue weighted by atomic mass is 19.4. The summed E-state index contributed by atoms with van der Waals surface area (Å²) >= 11 is 0. The van der Waals surface area contributed by atoms with Crippen LogP contribution in [0.1, 0.15) is 34.5 Å². The summed E-state index contributed by atoms with van der Waals surface area (Å²) in [7, 11) is 2.95. The number of hydrogen-bond donors (Lipinski definition) is 1. The first-order chi connectivity index (χ1) is 11.8. The van der Waals surface area contributed by atoms with Crippen LogP contribution >= 0.6 is 0 Å². The van der Waals surface area contributed by atoms with Gasteiger partial charge in [-0.1, -0.05) is 12.1 Å². The van der Waals surface area contributed by atoms with E-state index in [0.29, 0.717) is 22.6 Å². The lowest BCUT2D eigenvalue weighted by atomic mass is 10.1. The predicted molar refractivity (Wildman–Crippen MR) is 86.9 cm³/mol. The van der Waals surface area contributed by atoms with Crippen molar-refractivity contribution in [2.24, 2.45) is 0 Å². The molecule has 0 spiro atoms. The molecule has 0 saturated heterocycles. The number of methoxy groups -OCH3 is 2. The van der Waals surface area contributed by atoms with Crippen LogP contribution in [-0.2, 0) is 6.18 Å². The lowest BCUT2D eigenvalue weighted by Gasteiger charge is -2.16. The van der Waals surface area contributed by atoms with Gasteiger partial charge in [-0.15, -0.1) is 0 Å². The minimum Gasteiger partial charge on any atom is -0.493 e. The summed E-state index contributed by atoms with van der Waals surface area (Å²) in [6, 6.07) is 8.95. The molecule has 0 aliphatic rings. The Morgan fingerprint density at radius 3 is 2.12 bits per heavy atom. The third-order valence-corrected chi connectivity index (χ3v) is 3.73. The van der Waals surface area contributed by atoms with Crippen molar-refractivity contribution >= 4 is 5.91 Å². The number of benzene rings is 2. The van der Waals surface area contributed by atoms with E-state index in [9.17, 15) is 18.0 Å². The molecule has 2 aromatic rings. The van der Waals surface area contributed by atoms with E-state index < -0.39 is 17.8 Å². The van der Waals surface area contributed by atoms with Crippen molar-refractivity contribution < 1.29 is 27.4 Å². The molecule has 7 heteroatoms. The largest absolute Gasteiger partial charge is 0.493 e. The normalized spacial score (nSPS) is 12.4. The standard InChI is InChI=1S/C18H18F3NO3/c1-11(12-4-7-14(8-5-12)18(19,20)21)22-17(23)13-6-9-15(24-2)16(10-13)25-3/h4-11H,1-3H3,(H,22,23). The van der Waals surface area contributed by atoms with Crippen LogP contribution in [0.5, 0.6) is 11.5 Å². The van der Waals surface area contributed by atoms with Crippen LogP contribution in [0, 0.1) is 0 Å². The van der Waals surface area contributed by atoms with Crippen LogP contribution in [0.3, 0.4) is 0 Å². The van der Waals surface area contributed by atoms with Crippen LogP contribution in [0.15, 0.2) is 42.5 Å². The van der Waals surface area contributed by atoms with E-state index >= 15 is 0 Å². The average molecular weight is 353 g/mol. The second kappa shape index (κ2) is 7.46. The molecule has 0 fully saturated rings. The van der Waals surface area contributed by atoms with Gasteiger partial charge in [-0.05, 0) is 42.8 Å². The smallest absolute Gasteiger partial charge is 0.416 e. The molecule has 1 unspecified atom stereocenters. The van der Waals surface area contributed by atoms with Gasteiger partial charge in [-0.3, -0.25) is 4.79 Å². The molecule has 2 rings (SSSR count). The fourth-order valence-electron chi connectivity index (χ4n) is 2.30. The first kappa shape index (κ1) is 18.6. The molecule has 0 aliphatic carbocycles. The number of halogens is 3.